The zero-order chi connectivity index (χ0) is 11.7. The lowest BCUT2D eigenvalue weighted by Crippen LogP contribution is -2.45. The molecule has 0 aromatic rings. The third-order valence-corrected chi connectivity index (χ3v) is 2.21. The largest absolute Gasteiger partial charge is 0.394 e. The van der Waals surface area contributed by atoms with E-state index in [1.165, 1.54) is 0 Å². The smallest absolute Gasteiger partial charge is 0.261 e. The summed E-state index contributed by atoms with van der Waals surface area (Å²) in [5, 5.41) is 12.3. The topological polar surface area (TPSA) is 41.5 Å². The Hall–Kier alpha value is -0.260. The molecule has 0 aromatic heterocycles. The van der Waals surface area contributed by atoms with E-state index in [0.29, 0.717) is 19.4 Å². The van der Waals surface area contributed by atoms with Crippen LogP contribution in [0.15, 0.2) is 0 Å². The van der Waals surface area contributed by atoms with Crippen molar-refractivity contribution in [2.75, 3.05) is 26.4 Å². The Morgan fingerprint density at radius 3 is 2.60 bits per heavy atom. The molecule has 0 aliphatic carbocycles. The van der Waals surface area contributed by atoms with Gasteiger partial charge in [-0.25, -0.2) is 8.78 Å². The van der Waals surface area contributed by atoms with E-state index in [1.54, 1.807) is 0 Å². The molecule has 3 nitrogen and oxygen atoms in total. The molecule has 0 fully saturated rings. The summed E-state index contributed by atoms with van der Waals surface area (Å²) in [5.74, 6) is 0. The zero-order valence-electron chi connectivity index (χ0n) is 9.43. The molecule has 0 heterocycles. The summed E-state index contributed by atoms with van der Waals surface area (Å²) in [6, 6.07) is 0. The van der Waals surface area contributed by atoms with Gasteiger partial charge >= 0.3 is 0 Å². The van der Waals surface area contributed by atoms with Crippen LogP contribution in [0.2, 0.25) is 0 Å². The van der Waals surface area contributed by atoms with Gasteiger partial charge in [-0.3, -0.25) is 0 Å². The molecule has 1 atom stereocenters. The Kier molecular flexibility index (Phi) is 7.82. The Morgan fingerprint density at radius 1 is 1.47 bits per heavy atom. The molecule has 92 valence electrons. The fourth-order valence-corrected chi connectivity index (χ4v) is 1.39. The molecule has 0 aliphatic rings. The Bertz CT molecular complexity index is 158. The van der Waals surface area contributed by atoms with Crippen LogP contribution in [0, 0.1) is 0 Å². The number of ether oxygens (including phenoxy) is 1. The minimum atomic E-state index is -2.40. The van der Waals surface area contributed by atoms with E-state index in [4.69, 9.17) is 9.84 Å². The number of alkyl halides is 2. The van der Waals surface area contributed by atoms with Gasteiger partial charge in [0.25, 0.3) is 6.43 Å². The number of hydrogen-bond acceptors (Lipinski definition) is 3. The van der Waals surface area contributed by atoms with Gasteiger partial charge in [-0.2, -0.15) is 0 Å². The zero-order valence-corrected chi connectivity index (χ0v) is 9.43. The van der Waals surface area contributed by atoms with E-state index in [0.717, 1.165) is 6.54 Å². The van der Waals surface area contributed by atoms with E-state index < -0.39 is 13.0 Å². The highest BCUT2D eigenvalue weighted by molar-refractivity contribution is 4.81. The van der Waals surface area contributed by atoms with Crippen LogP contribution in [-0.4, -0.2) is 43.4 Å². The van der Waals surface area contributed by atoms with Gasteiger partial charge in [0.05, 0.1) is 6.61 Å². The maximum Gasteiger partial charge on any atom is 0.261 e. The molecule has 0 aromatic carbocycles. The molecule has 0 spiro atoms. The highest BCUT2D eigenvalue weighted by Crippen LogP contribution is 2.11. The van der Waals surface area contributed by atoms with Crippen molar-refractivity contribution in [2.24, 2.45) is 0 Å². The molecule has 0 saturated heterocycles. The molecular formula is C10H21F2NO2. The van der Waals surface area contributed by atoms with Gasteiger partial charge in [-0.1, -0.05) is 6.92 Å². The van der Waals surface area contributed by atoms with Crippen molar-refractivity contribution in [1.82, 2.24) is 5.32 Å². The Balaban J connectivity index is 3.54. The van der Waals surface area contributed by atoms with Crippen LogP contribution in [-0.2, 0) is 4.74 Å². The first kappa shape index (κ1) is 14.7. The van der Waals surface area contributed by atoms with Crippen LogP contribution in [0.1, 0.15) is 26.7 Å². The number of likely N-dealkylation sites (N-methyl/N-ethyl adjacent to an activating group) is 1. The second-order valence-corrected chi connectivity index (χ2v) is 3.82. The molecule has 0 aliphatic heterocycles. The average Bonchev–Trinajstić information content (AvgIpc) is 2.17. The molecule has 0 rings (SSSR count). The number of nitrogens with one attached hydrogen (secondary N) is 1. The SMILES string of the molecule is CCNC(C)(CO)CCCOCC(F)F. The van der Waals surface area contributed by atoms with Crippen LogP contribution in [0.25, 0.3) is 0 Å². The predicted octanol–water partition coefficient (Wildman–Crippen LogP) is 1.41. The van der Waals surface area contributed by atoms with Gasteiger partial charge in [0, 0.05) is 12.1 Å². The Morgan fingerprint density at radius 2 is 2.13 bits per heavy atom. The van der Waals surface area contributed by atoms with Crippen molar-refractivity contribution in [3.05, 3.63) is 0 Å². The van der Waals surface area contributed by atoms with Gasteiger partial charge in [0.15, 0.2) is 0 Å². The number of aliphatic hydroxyl groups is 1. The summed E-state index contributed by atoms with van der Waals surface area (Å²) in [7, 11) is 0. The molecule has 2 N–H and O–H groups in total. The Labute approximate surface area is 89.8 Å². The quantitative estimate of drug-likeness (QED) is 0.583. The number of hydrogen-bond donors (Lipinski definition) is 2. The van der Waals surface area contributed by atoms with Crippen LogP contribution >= 0.6 is 0 Å². The molecule has 1 unspecified atom stereocenters. The lowest BCUT2D eigenvalue weighted by molar-refractivity contribution is 0.0136. The number of rotatable bonds is 9. The summed E-state index contributed by atoms with van der Waals surface area (Å²) in [6.07, 6.45) is -1.03. The first-order valence-electron chi connectivity index (χ1n) is 5.26. The average molecular weight is 225 g/mol. The first-order valence-corrected chi connectivity index (χ1v) is 5.26. The third-order valence-electron chi connectivity index (χ3n) is 2.21. The molecule has 0 amide bonds. The molecule has 15 heavy (non-hydrogen) atoms. The van der Waals surface area contributed by atoms with E-state index in [2.05, 4.69) is 5.32 Å². The fraction of sp³-hybridized carbons (Fsp3) is 1.00. The summed E-state index contributed by atoms with van der Waals surface area (Å²) >= 11 is 0. The second kappa shape index (κ2) is 7.96. The number of halogens is 2. The molecule has 0 saturated carbocycles. The molecule has 5 heteroatoms. The lowest BCUT2D eigenvalue weighted by atomic mass is 9.97. The predicted molar refractivity (Wildman–Crippen MR) is 55.2 cm³/mol. The van der Waals surface area contributed by atoms with Crippen molar-refractivity contribution >= 4 is 0 Å². The second-order valence-electron chi connectivity index (χ2n) is 3.82. The summed E-state index contributed by atoms with van der Waals surface area (Å²) < 4.78 is 28.2. The highest BCUT2D eigenvalue weighted by Gasteiger charge is 2.20. The minimum absolute atomic E-state index is 0.0374. The van der Waals surface area contributed by atoms with E-state index in [9.17, 15) is 8.78 Å². The van der Waals surface area contributed by atoms with Gasteiger partial charge in [-0.05, 0) is 26.3 Å². The van der Waals surface area contributed by atoms with Gasteiger partial charge < -0.3 is 15.2 Å². The summed E-state index contributed by atoms with van der Waals surface area (Å²) in [4.78, 5) is 0. The van der Waals surface area contributed by atoms with Gasteiger partial charge in [-0.15, -0.1) is 0 Å². The highest BCUT2D eigenvalue weighted by atomic mass is 19.3. The van der Waals surface area contributed by atoms with E-state index in [-0.39, 0.29) is 12.1 Å². The van der Waals surface area contributed by atoms with Crippen molar-refractivity contribution in [3.8, 4) is 0 Å². The van der Waals surface area contributed by atoms with Crippen LogP contribution in [0.3, 0.4) is 0 Å². The third kappa shape index (κ3) is 7.64. The van der Waals surface area contributed by atoms with Crippen molar-refractivity contribution < 1.29 is 18.6 Å². The van der Waals surface area contributed by atoms with Crippen LogP contribution < -0.4 is 5.32 Å². The van der Waals surface area contributed by atoms with Crippen LogP contribution in [0.4, 0.5) is 8.78 Å². The normalized spacial score (nSPS) is 15.6. The molecule has 0 radical (unpaired) electrons. The van der Waals surface area contributed by atoms with Crippen molar-refractivity contribution in [1.29, 1.82) is 0 Å². The van der Waals surface area contributed by atoms with E-state index in [1.807, 2.05) is 13.8 Å². The van der Waals surface area contributed by atoms with Crippen LogP contribution in [0.5, 0.6) is 0 Å². The van der Waals surface area contributed by atoms with Gasteiger partial charge in [0.2, 0.25) is 0 Å². The van der Waals surface area contributed by atoms with Crippen molar-refractivity contribution in [2.45, 2.75) is 38.7 Å². The lowest BCUT2D eigenvalue weighted by Gasteiger charge is -2.28. The summed E-state index contributed by atoms with van der Waals surface area (Å²) in [5.41, 5.74) is -0.330. The fourth-order valence-electron chi connectivity index (χ4n) is 1.39. The maximum absolute atomic E-state index is 11.7. The minimum Gasteiger partial charge on any atom is -0.394 e. The standard InChI is InChI=1S/C10H21F2NO2/c1-3-13-10(2,8-14)5-4-6-15-7-9(11)12/h9,13-14H,3-8H2,1-2H3. The van der Waals surface area contributed by atoms with Gasteiger partial charge in [0.1, 0.15) is 6.61 Å². The molecular weight excluding hydrogens is 204 g/mol. The monoisotopic (exact) mass is 225 g/mol. The first-order chi connectivity index (χ1) is 7.04. The molecule has 0 bridgehead atoms. The summed E-state index contributed by atoms with van der Waals surface area (Å²) in [6.45, 7) is 4.48. The maximum atomic E-state index is 11.7. The van der Waals surface area contributed by atoms with E-state index >= 15 is 0 Å². The number of aliphatic hydroxyl groups excluding tert-OH is 1. The van der Waals surface area contributed by atoms with Crippen molar-refractivity contribution in [3.63, 3.8) is 0 Å².